The largest absolute Gasteiger partial charge is 0.477 e. The van der Waals surface area contributed by atoms with Gasteiger partial charge in [-0.2, -0.15) is 5.26 Å². The van der Waals surface area contributed by atoms with Crippen LogP contribution in [0.15, 0.2) is 36.4 Å². The number of aromatic nitrogens is 1. The van der Waals surface area contributed by atoms with Crippen LogP contribution in [0.25, 0.3) is 0 Å². The van der Waals surface area contributed by atoms with E-state index in [0.717, 1.165) is 26.1 Å². The van der Waals surface area contributed by atoms with Crippen molar-refractivity contribution in [2.45, 2.75) is 19.9 Å². The zero-order valence-electron chi connectivity index (χ0n) is 16.0. The first-order valence-corrected chi connectivity index (χ1v) is 9.48. The van der Waals surface area contributed by atoms with Gasteiger partial charge in [-0.15, -0.1) is 0 Å². The lowest BCUT2D eigenvalue weighted by atomic mass is 10.1. The number of ether oxygens (including phenoxy) is 1. The van der Waals surface area contributed by atoms with Crippen molar-refractivity contribution >= 4 is 11.6 Å². The van der Waals surface area contributed by atoms with Crippen LogP contribution in [0.1, 0.15) is 35.0 Å². The first-order chi connectivity index (χ1) is 13.6. The molecular formula is C21H25N5O2. The van der Waals surface area contributed by atoms with Crippen molar-refractivity contribution in [3.63, 3.8) is 0 Å². The number of nitrogens with zero attached hydrogens (tertiary/aromatic N) is 3. The Morgan fingerprint density at radius 3 is 2.93 bits per heavy atom. The number of nitrogens with two attached hydrogens (primary N) is 1. The summed E-state index contributed by atoms with van der Waals surface area (Å²) in [7, 11) is 0. The van der Waals surface area contributed by atoms with Gasteiger partial charge in [0, 0.05) is 19.6 Å². The summed E-state index contributed by atoms with van der Waals surface area (Å²) in [5.74, 6) is 0.193. The lowest BCUT2D eigenvalue weighted by Gasteiger charge is -2.16. The highest BCUT2D eigenvalue weighted by atomic mass is 16.5. The third kappa shape index (κ3) is 4.78. The van der Waals surface area contributed by atoms with Gasteiger partial charge in [0.05, 0.1) is 12.3 Å². The standard InChI is InChI=1S/C21H25N5O2/c1-2-28-21-17(11-22)18(23)10-19(25-21)20(27)24-12-16-8-9-26(14-16)13-15-6-4-3-5-7-15/h3-7,10,16H,2,8-9,12-14H2,1H3,(H2,23,25)(H,24,27). The average Bonchev–Trinajstić information content (AvgIpc) is 3.14. The Kier molecular flexibility index (Phi) is 6.45. The van der Waals surface area contributed by atoms with Crippen LogP contribution in [-0.2, 0) is 6.54 Å². The van der Waals surface area contributed by atoms with Crippen molar-refractivity contribution < 1.29 is 9.53 Å². The van der Waals surface area contributed by atoms with Crippen molar-refractivity contribution in [1.82, 2.24) is 15.2 Å². The molecule has 7 nitrogen and oxygen atoms in total. The van der Waals surface area contributed by atoms with Gasteiger partial charge in [0.25, 0.3) is 5.91 Å². The van der Waals surface area contributed by atoms with E-state index < -0.39 is 0 Å². The third-order valence-electron chi connectivity index (χ3n) is 4.81. The topological polar surface area (TPSA) is 104 Å². The summed E-state index contributed by atoms with van der Waals surface area (Å²) in [4.78, 5) is 19.1. The highest BCUT2D eigenvalue weighted by molar-refractivity contribution is 5.93. The number of nitriles is 1. The molecule has 0 saturated carbocycles. The Morgan fingerprint density at radius 2 is 2.21 bits per heavy atom. The molecule has 0 aliphatic carbocycles. The normalized spacial score (nSPS) is 16.5. The number of hydrogen-bond acceptors (Lipinski definition) is 6. The molecule has 1 aromatic carbocycles. The predicted molar refractivity (Wildman–Crippen MR) is 107 cm³/mol. The van der Waals surface area contributed by atoms with Crippen molar-refractivity contribution in [3.8, 4) is 11.9 Å². The van der Waals surface area contributed by atoms with Crippen LogP contribution in [0.4, 0.5) is 5.69 Å². The second kappa shape index (κ2) is 9.20. The molecular weight excluding hydrogens is 354 g/mol. The quantitative estimate of drug-likeness (QED) is 0.764. The van der Waals surface area contributed by atoms with Gasteiger partial charge in [-0.3, -0.25) is 9.69 Å². The fraction of sp³-hybridized carbons (Fsp3) is 0.381. The fourth-order valence-corrected chi connectivity index (χ4v) is 3.40. The molecule has 28 heavy (non-hydrogen) atoms. The van der Waals surface area contributed by atoms with E-state index in [1.54, 1.807) is 6.92 Å². The van der Waals surface area contributed by atoms with Gasteiger partial charge in [0.15, 0.2) is 0 Å². The number of carbonyl (C=O) groups is 1. The lowest BCUT2D eigenvalue weighted by molar-refractivity contribution is 0.0941. The first-order valence-electron chi connectivity index (χ1n) is 9.48. The molecule has 1 fully saturated rings. The zero-order valence-corrected chi connectivity index (χ0v) is 16.0. The van der Waals surface area contributed by atoms with E-state index in [9.17, 15) is 10.1 Å². The number of nitrogen functional groups attached to an aromatic ring is 1. The molecule has 3 rings (SSSR count). The van der Waals surface area contributed by atoms with E-state index >= 15 is 0 Å². The number of likely N-dealkylation sites (tertiary alicyclic amines) is 1. The monoisotopic (exact) mass is 379 g/mol. The molecule has 3 N–H and O–H groups in total. The highest BCUT2D eigenvalue weighted by Gasteiger charge is 2.23. The molecule has 1 aliphatic rings. The van der Waals surface area contributed by atoms with E-state index in [4.69, 9.17) is 10.5 Å². The minimum atomic E-state index is -0.307. The van der Waals surface area contributed by atoms with Gasteiger partial charge in [-0.05, 0) is 37.4 Å². The molecule has 1 atom stereocenters. The number of nitrogens with one attached hydrogen (secondary N) is 1. The highest BCUT2D eigenvalue weighted by Crippen LogP contribution is 2.23. The number of amides is 1. The minimum absolute atomic E-state index is 0.102. The molecule has 0 bridgehead atoms. The predicted octanol–water partition coefficient (Wildman–Crippen LogP) is 2.19. The van der Waals surface area contributed by atoms with Crippen molar-refractivity contribution in [2.24, 2.45) is 5.92 Å². The first kappa shape index (κ1) is 19.6. The van der Waals surface area contributed by atoms with Gasteiger partial charge in [0.2, 0.25) is 5.88 Å². The van der Waals surface area contributed by atoms with Crippen LogP contribution >= 0.6 is 0 Å². The molecule has 2 heterocycles. The molecule has 146 valence electrons. The summed E-state index contributed by atoms with van der Waals surface area (Å²) in [6.45, 7) is 5.60. The Bertz CT molecular complexity index is 863. The maximum atomic E-state index is 12.5. The number of pyridine rings is 1. The smallest absolute Gasteiger partial charge is 0.270 e. The van der Waals surface area contributed by atoms with Crippen LogP contribution in [0.5, 0.6) is 5.88 Å². The number of anilines is 1. The van der Waals surface area contributed by atoms with E-state index in [2.05, 4.69) is 39.5 Å². The SMILES string of the molecule is CCOc1nc(C(=O)NCC2CCN(Cc3ccccc3)C2)cc(N)c1C#N. The second-order valence-electron chi connectivity index (χ2n) is 6.91. The molecule has 0 radical (unpaired) electrons. The molecule has 1 saturated heterocycles. The Hall–Kier alpha value is -3.11. The molecule has 1 unspecified atom stereocenters. The molecule has 2 aromatic rings. The lowest BCUT2D eigenvalue weighted by Crippen LogP contribution is -2.31. The van der Waals surface area contributed by atoms with E-state index in [1.165, 1.54) is 11.6 Å². The Balaban J connectivity index is 1.55. The van der Waals surface area contributed by atoms with Crippen molar-refractivity contribution in [1.29, 1.82) is 5.26 Å². The number of rotatable bonds is 7. The number of hydrogen-bond donors (Lipinski definition) is 2. The van der Waals surface area contributed by atoms with Gasteiger partial charge < -0.3 is 15.8 Å². The summed E-state index contributed by atoms with van der Waals surface area (Å²) in [5, 5.41) is 12.1. The molecule has 1 aromatic heterocycles. The molecule has 7 heteroatoms. The molecule has 1 aliphatic heterocycles. The van der Waals surface area contributed by atoms with Crippen LogP contribution in [0.2, 0.25) is 0 Å². The molecule has 0 spiro atoms. The summed E-state index contributed by atoms with van der Waals surface area (Å²) < 4.78 is 5.35. The zero-order chi connectivity index (χ0) is 19.9. The Labute approximate surface area is 165 Å². The van der Waals surface area contributed by atoms with Crippen LogP contribution < -0.4 is 15.8 Å². The Morgan fingerprint density at radius 1 is 1.43 bits per heavy atom. The fourth-order valence-electron chi connectivity index (χ4n) is 3.40. The van der Waals surface area contributed by atoms with Gasteiger partial charge in [0.1, 0.15) is 17.3 Å². The average molecular weight is 379 g/mol. The van der Waals surface area contributed by atoms with E-state index in [0.29, 0.717) is 19.1 Å². The van der Waals surface area contributed by atoms with Gasteiger partial charge in [-0.25, -0.2) is 4.98 Å². The second-order valence-corrected chi connectivity index (χ2v) is 6.91. The van der Waals surface area contributed by atoms with Crippen molar-refractivity contribution in [3.05, 3.63) is 53.2 Å². The number of benzene rings is 1. The van der Waals surface area contributed by atoms with E-state index in [1.807, 2.05) is 12.1 Å². The van der Waals surface area contributed by atoms with Crippen LogP contribution in [0.3, 0.4) is 0 Å². The summed E-state index contributed by atoms with van der Waals surface area (Å²) in [5.41, 5.74) is 7.70. The van der Waals surface area contributed by atoms with E-state index in [-0.39, 0.29) is 28.7 Å². The summed E-state index contributed by atoms with van der Waals surface area (Å²) in [6, 6.07) is 13.8. The number of carbonyl (C=O) groups excluding carboxylic acids is 1. The van der Waals surface area contributed by atoms with Crippen LogP contribution in [0, 0.1) is 17.2 Å². The minimum Gasteiger partial charge on any atom is -0.477 e. The van der Waals surface area contributed by atoms with Crippen LogP contribution in [-0.4, -0.2) is 42.0 Å². The van der Waals surface area contributed by atoms with Gasteiger partial charge in [-0.1, -0.05) is 30.3 Å². The maximum absolute atomic E-state index is 12.5. The summed E-state index contributed by atoms with van der Waals surface area (Å²) >= 11 is 0. The summed E-state index contributed by atoms with van der Waals surface area (Å²) in [6.07, 6.45) is 1.04. The third-order valence-corrected chi connectivity index (χ3v) is 4.81. The van der Waals surface area contributed by atoms with Gasteiger partial charge >= 0.3 is 0 Å². The van der Waals surface area contributed by atoms with Crippen molar-refractivity contribution in [2.75, 3.05) is 32.0 Å². The molecule has 1 amide bonds. The maximum Gasteiger partial charge on any atom is 0.270 e.